The van der Waals surface area contributed by atoms with Gasteiger partial charge in [-0.3, -0.25) is 14.6 Å². The molecule has 0 saturated carbocycles. The van der Waals surface area contributed by atoms with Crippen LogP contribution in [0.15, 0.2) is 41.3 Å². The van der Waals surface area contributed by atoms with E-state index in [0.29, 0.717) is 11.7 Å². The molecule has 3 aromatic rings. The van der Waals surface area contributed by atoms with E-state index in [0.717, 1.165) is 66.2 Å². The first-order valence-corrected chi connectivity index (χ1v) is 14.8. The van der Waals surface area contributed by atoms with Crippen LogP contribution in [0.1, 0.15) is 37.0 Å². The van der Waals surface area contributed by atoms with Crippen LogP contribution in [0.4, 0.5) is 5.13 Å². The molecule has 1 aliphatic heterocycles. The molecule has 0 unspecified atom stereocenters. The Morgan fingerprint density at radius 2 is 1.81 bits per heavy atom. The predicted molar refractivity (Wildman–Crippen MR) is 153 cm³/mol. The van der Waals surface area contributed by atoms with Gasteiger partial charge in [0.15, 0.2) is 15.0 Å². The third-order valence-electron chi connectivity index (χ3n) is 6.53. The van der Waals surface area contributed by atoms with Crippen molar-refractivity contribution < 1.29 is 17.9 Å². The quantitative estimate of drug-likeness (QED) is 0.370. The molecule has 10 heteroatoms. The molecule has 0 bridgehead atoms. The number of aromatic nitrogens is 1. The lowest BCUT2D eigenvalue weighted by atomic mass is 10.1. The highest BCUT2D eigenvalue weighted by Crippen LogP contribution is 2.32. The van der Waals surface area contributed by atoms with Crippen LogP contribution in [-0.4, -0.2) is 68.9 Å². The van der Waals surface area contributed by atoms with Crippen LogP contribution in [0.5, 0.6) is 0 Å². The second-order valence-electron chi connectivity index (χ2n) is 9.69. The van der Waals surface area contributed by atoms with Crippen LogP contribution in [0.25, 0.3) is 10.2 Å². The van der Waals surface area contributed by atoms with E-state index in [1.807, 2.05) is 0 Å². The maximum atomic E-state index is 13.6. The Hall–Kier alpha value is -2.04. The van der Waals surface area contributed by atoms with Gasteiger partial charge in [-0.2, -0.15) is 0 Å². The summed E-state index contributed by atoms with van der Waals surface area (Å²) in [4.78, 5) is 22.9. The van der Waals surface area contributed by atoms with E-state index in [9.17, 15) is 13.2 Å². The molecule has 7 nitrogen and oxygen atoms in total. The standard InChI is InChI=1S/C27H35N3O4S2.ClH/c1-19(2)36(32,33)23-8-6-22(7-9-23)18-25(31)30(11-5-10-29-12-14-34-15-13-29)27-28-24-17-20(3)16-21(4)26(24)35-27;/h6-9,16-17,19H,5,10-15,18H2,1-4H3;1H. The number of fused-ring (bicyclic) bond motifs is 1. The van der Waals surface area contributed by atoms with Gasteiger partial charge < -0.3 is 4.74 Å². The summed E-state index contributed by atoms with van der Waals surface area (Å²) in [5.41, 5.74) is 4.02. The molecule has 2 aromatic carbocycles. The molecule has 1 fully saturated rings. The van der Waals surface area contributed by atoms with Crippen LogP contribution in [0.2, 0.25) is 0 Å². The Morgan fingerprint density at radius 1 is 1.14 bits per heavy atom. The third-order valence-corrected chi connectivity index (χ3v) is 9.93. The first-order chi connectivity index (χ1) is 17.1. The minimum absolute atomic E-state index is 0. The third kappa shape index (κ3) is 7.09. The second-order valence-corrected chi connectivity index (χ2v) is 13.2. The van der Waals surface area contributed by atoms with E-state index in [2.05, 4.69) is 30.9 Å². The van der Waals surface area contributed by atoms with Gasteiger partial charge in [0.2, 0.25) is 5.91 Å². The SMILES string of the molecule is Cc1cc(C)c2sc(N(CCCN3CCOCC3)C(=O)Cc3ccc(S(=O)(=O)C(C)C)cc3)nc2c1.Cl. The fraction of sp³-hybridized carbons (Fsp3) is 0.481. The zero-order valence-electron chi connectivity index (χ0n) is 21.9. The zero-order valence-corrected chi connectivity index (χ0v) is 24.3. The summed E-state index contributed by atoms with van der Waals surface area (Å²) < 4.78 is 31.4. The lowest BCUT2D eigenvalue weighted by Gasteiger charge is -2.27. The second kappa shape index (κ2) is 12.7. The van der Waals surface area contributed by atoms with Crippen LogP contribution in [0.3, 0.4) is 0 Å². The van der Waals surface area contributed by atoms with Gasteiger partial charge in [-0.05, 0) is 69.0 Å². The Labute approximate surface area is 230 Å². The number of morpholine rings is 1. The number of aryl methyl sites for hydroxylation is 2. The highest BCUT2D eigenvalue weighted by Gasteiger charge is 2.23. The molecule has 1 saturated heterocycles. The first kappa shape index (κ1) is 29.5. The van der Waals surface area contributed by atoms with E-state index in [1.165, 1.54) is 0 Å². The van der Waals surface area contributed by atoms with Gasteiger partial charge in [-0.1, -0.05) is 29.5 Å². The molecule has 202 valence electrons. The molecular formula is C27H36ClN3O4S2. The number of ether oxygens (including phenoxy) is 1. The largest absolute Gasteiger partial charge is 0.379 e. The van der Waals surface area contributed by atoms with E-state index < -0.39 is 15.1 Å². The molecule has 0 N–H and O–H groups in total. The highest BCUT2D eigenvalue weighted by atomic mass is 35.5. The summed E-state index contributed by atoms with van der Waals surface area (Å²) in [5, 5.41) is 0.225. The number of sulfone groups is 1. The number of carbonyl (C=O) groups is 1. The predicted octanol–water partition coefficient (Wildman–Crippen LogP) is 4.82. The first-order valence-electron chi connectivity index (χ1n) is 12.5. The number of hydrogen-bond donors (Lipinski definition) is 0. The minimum Gasteiger partial charge on any atom is -0.379 e. The average molecular weight is 566 g/mol. The number of anilines is 1. The van der Waals surface area contributed by atoms with Crippen molar-refractivity contribution in [3.05, 3.63) is 53.1 Å². The number of benzene rings is 2. The van der Waals surface area contributed by atoms with Gasteiger partial charge in [0.1, 0.15) is 0 Å². The number of hydrogen-bond acceptors (Lipinski definition) is 7. The number of carbonyl (C=O) groups excluding carboxylic acids is 1. The van der Waals surface area contributed by atoms with Gasteiger partial charge in [0.25, 0.3) is 0 Å². The Bertz CT molecular complexity index is 1320. The molecular weight excluding hydrogens is 530 g/mol. The van der Waals surface area contributed by atoms with Gasteiger partial charge in [0, 0.05) is 26.2 Å². The molecule has 0 radical (unpaired) electrons. The van der Waals surface area contributed by atoms with E-state index >= 15 is 0 Å². The van der Waals surface area contributed by atoms with Gasteiger partial charge in [-0.15, -0.1) is 12.4 Å². The van der Waals surface area contributed by atoms with Crippen LogP contribution in [0, 0.1) is 13.8 Å². The van der Waals surface area contributed by atoms with Crippen molar-refractivity contribution in [2.75, 3.05) is 44.3 Å². The van der Waals surface area contributed by atoms with E-state index in [4.69, 9.17) is 9.72 Å². The van der Waals surface area contributed by atoms with Crippen LogP contribution < -0.4 is 4.90 Å². The van der Waals surface area contributed by atoms with Crippen molar-refractivity contribution in [1.82, 2.24) is 9.88 Å². The fourth-order valence-corrected chi connectivity index (χ4v) is 6.54. The molecule has 37 heavy (non-hydrogen) atoms. The summed E-state index contributed by atoms with van der Waals surface area (Å²) in [6.45, 7) is 12.3. The van der Waals surface area contributed by atoms with E-state index in [-0.39, 0.29) is 29.6 Å². The van der Waals surface area contributed by atoms with Crippen LogP contribution >= 0.6 is 23.7 Å². The number of nitrogens with zero attached hydrogens (tertiary/aromatic N) is 3. The molecule has 0 atom stereocenters. The maximum Gasteiger partial charge on any atom is 0.233 e. The van der Waals surface area contributed by atoms with E-state index in [1.54, 1.807) is 54.3 Å². The molecule has 1 amide bonds. The molecule has 2 heterocycles. The lowest BCUT2D eigenvalue weighted by molar-refractivity contribution is -0.118. The van der Waals surface area contributed by atoms with Crippen molar-refractivity contribution in [2.45, 2.75) is 50.7 Å². The van der Waals surface area contributed by atoms with Gasteiger partial charge in [0.05, 0.1) is 40.0 Å². The van der Waals surface area contributed by atoms with Crippen molar-refractivity contribution in [3.63, 3.8) is 0 Å². The van der Waals surface area contributed by atoms with Gasteiger partial charge >= 0.3 is 0 Å². The highest BCUT2D eigenvalue weighted by molar-refractivity contribution is 7.92. The maximum absolute atomic E-state index is 13.6. The molecule has 1 aliphatic rings. The lowest BCUT2D eigenvalue weighted by Crippen LogP contribution is -2.39. The summed E-state index contributed by atoms with van der Waals surface area (Å²) in [6.07, 6.45) is 1.03. The Kier molecular flexibility index (Phi) is 10.1. The smallest absolute Gasteiger partial charge is 0.233 e. The number of amides is 1. The monoisotopic (exact) mass is 565 g/mol. The van der Waals surface area contributed by atoms with Crippen molar-refractivity contribution >= 4 is 54.8 Å². The van der Waals surface area contributed by atoms with Crippen molar-refractivity contribution in [3.8, 4) is 0 Å². The number of thiazole rings is 1. The van der Waals surface area contributed by atoms with Crippen molar-refractivity contribution in [2.24, 2.45) is 0 Å². The number of rotatable bonds is 9. The topological polar surface area (TPSA) is 79.8 Å². The number of halogens is 1. The fourth-order valence-electron chi connectivity index (χ4n) is 4.42. The summed E-state index contributed by atoms with van der Waals surface area (Å²) in [5.74, 6) is -0.0372. The minimum atomic E-state index is -3.34. The van der Waals surface area contributed by atoms with Gasteiger partial charge in [-0.25, -0.2) is 13.4 Å². The Balaban J connectivity index is 0.00000380. The molecule has 0 aliphatic carbocycles. The van der Waals surface area contributed by atoms with Crippen molar-refractivity contribution in [1.29, 1.82) is 0 Å². The molecule has 4 rings (SSSR count). The molecule has 1 aromatic heterocycles. The summed E-state index contributed by atoms with van der Waals surface area (Å²) in [7, 11) is -3.34. The normalized spacial score (nSPS) is 14.6. The Morgan fingerprint density at radius 3 is 2.46 bits per heavy atom. The summed E-state index contributed by atoms with van der Waals surface area (Å²) >= 11 is 1.56. The average Bonchev–Trinajstić information content (AvgIpc) is 3.26. The molecule has 0 spiro atoms. The zero-order chi connectivity index (χ0) is 25.9. The summed E-state index contributed by atoms with van der Waals surface area (Å²) in [6, 6.07) is 10.9. The van der Waals surface area contributed by atoms with Crippen LogP contribution in [-0.2, 0) is 25.8 Å².